The summed E-state index contributed by atoms with van der Waals surface area (Å²) in [6, 6.07) is 31.3. The molecule has 3 aromatic carbocycles. The first-order chi connectivity index (χ1) is 14.3. The molecule has 0 atom stereocenters. The van der Waals surface area contributed by atoms with Crippen molar-refractivity contribution in [1.82, 2.24) is 9.80 Å². The topological polar surface area (TPSA) is 23.6 Å². The van der Waals surface area contributed by atoms with Gasteiger partial charge >= 0.3 is 0 Å². The fourth-order valence-corrected chi connectivity index (χ4v) is 4.10. The van der Waals surface area contributed by atoms with E-state index in [4.69, 9.17) is 0 Å². The van der Waals surface area contributed by atoms with Crippen LogP contribution in [-0.2, 0) is 11.3 Å². The number of nitrogens with zero attached hydrogens (tertiary/aromatic N) is 2. The predicted molar refractivity (Wildman–Crippen MR) is 118 cm³/mol. The molecular formula is C26H28N2O. The molecule has 4 rings (SSSR count). The molecule has 0 unspecified atom stereocenters. The van der Waals surface area contributed by atoms with Gasteiger partial charge in [0.15, 0.2) is 0 Å². The average molecular weight is 385 g/mol. The summed E-state index contributed by atoms with van der Waals surface area (Å²) >= 11 is 0. The molecule has 1 saturated heterocycles. The number of piperazine rings is 1. The van der Waals surface area contributed by atoms with E-state index in [1.165, 1.54) is 16.7 Å². The lowest BCUT2D eigenvalue weighted by Gasteiger charge is -2.35. The maximum absolute atomic E-state index is 13.1. The Morgan fingerprint density at radius 2 is 1.17 bits per heavy atom. The van der Waals surface area contributed by atoms with E-state index in [2.05, 4.69) is 83.8 Å². The number of amides is 1. The van der Waals surface area contributed by atoms with Crippen LogP contribution in [0.5, 0.6) is 0 Å². The standard InChI is InChI=1S/C26H28N2O/c29-26(28-18-16-27(17-19-28)21-22-10-4-1-5-11-22)20-25(23-12-6-2-7-13-23)24-14-8-3-9-15-24/h1-15,25H,16-21H2. The zero-order valence-electron chi connectivity index (χ0n) is 16.8. The monoisotopic (exact) mass is 384 g/mol. The van der Waals surface area contributed by atoms with Crippen molar-refractivity contribution in [2.24, 2.45) is 0 Å². The normalized spacial score (nSPS) is 14.9. The van der Waals surface area contributed by atoms with Gasteiger partial charge in [-0.25, -0.2) is 0 Å². The number of hydrogen-bond acceptors (Lipinski definition) is 2. The highest BCUT2D eigenvalue weighted by molar-refractivity contribution is 5.78. The molecule has 0 spiro atoms. The van der Waals surface area contributed by atoms with Gasteiger partial charge in [-0.15, -0.1) is 0 Å². The second-order valence-electron chi connectivity index (χ2n) is 7.72. The molecule has 148 valence electrons. The SMILES string of the molecule is O=C(CC(c1ccccc1)c1ccccc1)N1CCN(Cc2ccccc2)CC1. The summed E-state index contributed by atoms with van der Waals surface area (Å²) in [6.07, 6.45) is 0.521. The van der Waals surface area contributed by atoms with Gasteiger partial charge in [-0.2, -0.15) is 0 Å². The lowest BCUT2D eigenvalue weighted by Crippen LogP contribution is -2.48. The van der Waals surface area contributed by atoms with Gasteiger partial charge in [0, 0.05) is 45.1 Å². The van der Waals surface area contributed by atoms with Crippen LogP contribution in [-0.4, -0.2) is 41.9 Å². The van der Waals surface area contributed by atoms with Gasteiger partial charge in [-0.3, -0.25) is 9.69 Å². The minimum atomic E-state index is 0.104. The largest absolute Gasteiger partial charge is 0.340 e. The second-order valence-corrected chi connectivity index (χ2v) is 7.72. The zero-order chi connectivity index (χ0) is 19.9. The number of carbonyl (C=O) groups excluding carboxylic acids is 1. The molecule has 29 heavy (non-hydrogen) atoms. The van der Waals surface area contributed by atoms with Crippen molar-refractivity contribution in [1.29, 1.82) is 0 Å². The van der Waals surface area contributed by atoms with Crippen LogP contribution in [0.1, 0.15) is 29.0 Å². The maximum atomic E-state index is 13.1. The first-order valence-corrected chi connectivity index (χ1v) is 10.4. The van der Waals surface area contributed by atoms with Crippen molar-refractivity contribution >= 4 is 5.91 Å². The molecule has 1 aliphatic heterocycles. The predicted octanol–water partition coefficient (Wildman–Crippen LogP) is 4.55. The second kappa shape index (κ2) is 9.53. The Hall–Kier alpha value is -2.91. The van der Waals surface area contributed by atoms with Crippen LogP contribution >= 0.6 is 0 Å². The summed E-state index contributed by atoms with van der Waals surface area (Å²) in [5.41, 5.74) is 3.74. The molecule has 1 heterocycles. The van der Waals surface area contributed by atoms with Gasteiger partial charge in [0.1, 0.15) is 0 Å². The lowest BCUT2D eigenvalue weighted by atomic mass is 9.88. The molecule has 0 saturated carbocycles. The highest BCUT2D eigenvalue weighted by Crippen LogP contribution is 2.28. The third kappa shape index (κ3) is 5.12. The fourth-order valence-electron chi connectivity index (χ4n) is 4.10. The number of benzene rings is 3. The van der Waals surface area contributed by atoms with E-state index < -0.39 is 0 Å². The lowest BCUT2D eigenvalue weighted by molar-refractivity contribution is -0.133. The van der Waals surface area contributed by atoms with Crippen LogP contribution in [0.15, 0.2) is 91.0 Å². The van der Waals surface area contributed by atoms with Crippen LogP contribution in [0.2, 0.25) is 0 Å². The first kappa shape index (κ1) is 19.4. The Morgan fingerprint density at radius 1 is 0.690 bits per heavy atom. The quantitative estimate of drug-likeness (QED) is 0.622. The van der Waals surface area contributed by atoms with Gasteiger partial charge in [0.25, 0.3) is 0 Å². The molecular weight excluding hydrogens is 356 g/mol. The fraction of sp³-hybridized carbons (Fsp3) is 0.269. The molecule has 0 aromatic heterocycles. The molecule has 0 bridgehead atoms. The minimum absolute atomic E-state index is 0.104. The number of rotatable bonds is 6. The van der Waals surface area contributed by atoms with Gasteiger partial charge < -0.3 is 4.90 Å². The molecule has 0 aliphatic carbocycles. The first-order valence-electron chi connectivity index (χ1n) is 10.4. The zero-order valence-corrected chi connectivity index (χ0v) is 16.8. The van der Waals surface area contributed by atoms with Crippen LogP contribution < -0.4 is 0 Å². The molecule has 1 amide bonds. The smallest absolute Gasteiger partial charge is 0.223 e. The Kier molecular flexibility index (Phi) is 6.38. The van der Waals surface area contributed by atoms with Crippen molar-refractivity contribution in [2.45, 2.75) is 18.9 Å². The summed E-state index contributed by atoms with van der Waals surface area (Å²) in [5, 5.41) is 0. The van der Waals surface area contributed by atoms with E-state index in [0.717, 1.165) is 32.7 Å². The maximum Gasteiger partial charge on any atom is 0.223 e. The summed E-state index contributed by atoms with van der Waals surface area (Å²) in [6.45, 7) is 4.44. The van der Waals surface area contributed by atoms with Crippen molar-refractivity contribution in [3.05, 3.63) is 108 Å². The molecule has 3 nitrogen and oxygen atoms in total. The third-order valence-corrected chi connectivity index (χ3v) is 5.76. The van der Waals surface area contributed by atoms with E-state index in [0.29, 0.717) is 6.42 Å². The van der Waals surface area contributed by atoms with Crippen molar-refractivity contribution in [3.63, 3.8) is 0 Å². The number of hydrogen-bond donors (Lipinski definition) is 0. The van der Waals surface area contributed by atoms with E-state index in [1.807, 2.05) is 17.0 Å². The number of carbonyl (C=O) groups is 1. The Morgan fingerprint density at radius 3 is 1.69 bits per heavy atom. The Balaban J connectivity index is 1.39. The van der Waals surface area contributed by atoms with Crippen molar-refractivity contribution < 1.29 is 4.79 Å². The molecule has 1 aliphatic rings. The van der Waals surface area contributed by atoms with E-state index in [9.17, 15) is 4.79 Å². The van der Waals surface area contributed by atoms with Crippen molar-refractivity contribution in [2.75, 3.05) is 26.2 Å². The van der Waals surface area contributed by atoms with Crippen LogP contribution in [0.4, 0.5) is 0 Å². The highest BCUT2D eigenvalue weighted by Gasteiger charge is 2.25. The van der Waals surface area contributed by atoms with Gasteiger partial charge in [0.2, 0.25) is 5.91 Å². The van der Waals surface area contributed by atoms with Gasteiger partial charge in [0.05, 0.1) is 0 Å². The van der Waals surface area contributed by atoms with Crippen molar-refractivity contribution in [3.8, 4) is 0 Å². The van der Waals surface area contributed by atoms with Crippen LogP contribution in [0.3, 0.4) is 0 Å². The summed E-state index contributed by atoms with van der Waals surface area (Å²) in [7, 11) is 0. The highest BCUT2D eigenvalue weighted by atomic mass is 16.2. The third-order valence-electron chi connectivity index (χ3n) is 5.76. The molecule has 0 radical (unpaired) electrons. The molecule has 3 heteroatoms. The minimum Gasteiger partial charge on any atom is -0.340 e. The summed E-state index contributed by atoms with van der Waals surface area (Å²) in [4.78, 5) is 17.6. The Labute approximate surface area is 173 Å². The van der Waals surface area contributed by atoms with E-state index in [-0.39, 0.29) is 11.8 Å². The average Bonchev–Trinajstić information content (AvgIpc) is 2.80. The molecule has 3 aromatic rings. The Bertz CT molecular complexity index is 848. The van der Waals surface area contributed by atoms with E-state index >= 15 is 0 Å². The van der Waals surface area contributed by atoms with Gasteiger partial charge in [-0.05, 0) is 16.7 Å². The van der Waals surface area contributed by atoms with E-state index in [1.54, 1.807) is 0 Å². The summed E-state index contributed by atoms with van der Waals surface area (Å²) < 4.78 is 0. The van der Waals surface area contributed by atoms with Gasteiger partial charge in [-0.1, -0.05) is 91.0 Å². The summed E-state index contributed by atoms with van der Waals surface area (Å²) in [5.74, 6) is 0.356. The molecule has 0 N–H and O–H groups in total. The van der Waals surface area contributed by atoms with Crippen LogP contribution in [0, 0.1) is 0 Å². The molecule has 1 fully saturated rings. The van der Waals surface area contributed by atoms with Crippen LogP contribution in [0.25, 0.3) is 0 Å².